The predicted molar refractivity (Wildman–Crippen MR) is 61.9 cm³/mol. The van der Waals surface area contributed by atoms with Crippen molar-refractivity contribution in [1.82, 2.24) is 5.32 Å². The van der Waals surface area contributed by atoms with Gasteiger partial charge in [-0.05, 0) is 6.08 Å². The number of hydrogen-bond donors (Lipinski definition) is 5. The molecule has 19 heavy (non-hydrogen) atoms. The van der Waals surface area contributed by atoms with Crippen LogP contribution < -0.4 is 5.32 Å². The number of carboxylic acid groups (broad SMARTS) is 1. The minimum Gasteiger partial charge on any atom is -0.481 e. The van der Waals surface area contributed by atoms with E-state index in [0.29, 0.717) is 0 Å². The van der Waals surface area contributed by atoms with E-state index >= 15 is 0 Å². The van der Waals surface area contributed by atoms with Gasteiger partial charge >= 0.3 is 5.97 Å². The number of hydrogen-bond acceptors (Lipinski definition) is 6. The summed E-state index contributed by atoms with van der Waals surface area (Å²) in [6.45, 7) is 0.706. The van der Waals surface area contributed by atoms with E-state index in [1.54, 1.807) is 0 Å². The molecule has 0 aromatic heterocycles. The van der Waals surface area contributed by atoms with Crippen LogP contribution in [0.4, 0.5) is 0 Å². The highest BCUT2D eigenvalue weighted by atomic mass is 16.5. The van der Waals surface area contributed by atoms with Crippen LogP contribution in [-0.2, 0) is 14.3 Å². The lowest BCUT2D eigenvalue weighted by Gasteiger charge is -2.35. The summed E-state index contributed by atoms with van der Waals surface area (Å²) in [5.41, 5.74) is 0. The van der Waals surface area contributed by atoms with Crippen molar-refractivity contribution in [1.29, 1.82) is 0 Å². The molecule has 0 aliphatic carbocycles. The lowest BCUT2D eigenvalue weighted by Crippen LogP contribution is -2.54. The Bertz CT molecular complexity index is 381. The highest BCUT2D eigenvalue weighted by molar-refractivity contribution is 5.84. The van der Waals surface area contributed by atoms with E-state index in [4.69, 9.17) is 14.9 Å². The van der Waals surface area contributed by atoms with Gasteiger partial charge in [0.05, 0.1) is 24.9 Å². The Morgan fingerprint density at radius 3 is 2.63 bits per heavy atom. The van der Waals surface area contributed by atoms with Crippen LogP contribution in [-0.4, -0.2) is 63.3 Å². The summed E-state index contributed by atoms with van der Waals surface area (Å²) in [7, 11) is 0. The molecule has 1 unspecified atom stereocenters. The molecule has 1 aliphatic heterocycles. The zero-order valence-corrected chi connectivity index (χ0v) is 10.3. The molecule has 1 rings (SSSR count). The summed E-state index contributed by atoms with van der Waals surface area (Å²) in [5.74, 6) is -2.24. The minimum atomic E-state index is -1.36. The van der Waals surface area contributed by atoms with E-state index in [1.165, 1.54) is 6.92 Å². The van der Waals surface area contributed by atoms with Gasteiger partial charge in [0, 0.05) is 13.3 Å². The first-order chi connectivity index (χ1) is 8.85. The van der Waals surface area contributed by atoms with Gasteiger partial charge in [0.2, 0.25) is 11.7 Å². The number of ether oxygens (including phenoxy) is 1. The summed E-state index contributed by atoms with van der Waals surface area (Å²) >= 11 is 0. The van der Waals surface area contributed by atoms with Crippen molar-refractivity contribution in [3.05, 3.63) is 11.8 Å². The molecule has 0 fully saturated rings. The van der Waals surface area contributed by atoms with Gasteiger partial charge in [-0.25, -0.2) is 4.79 Å². The van der Waals surface area contributed by atoms with Crippen LogP contribution in [0.3, 0.4) is 0 Å². The standard InChI is InChI=1S/C11H17NO7/c1-5(14)12-10-7(16)3-9(11(17)18)19-8(10)2-6(15)4-13/h3,6-8,10,13,15-16H,2,4H2,1H3,(H,12,14)(H,17,18)/t6-,7+,8?,10+/m0/s1. The lowest BCUT2D eigenvalue weighted by atomic mass is 9.96. The third-order valence-electron chi connectivity index (χ3n) is 2.66. The fraction of sp³-hybridized carbons (Fsp3) is 0.636. The molecule has 1 amide bonds. The number of carbonyl (C=O) groups excluding carboxylic acids is 1. The van der Waals surface area contributed by atoms with E-state index in [0.717, 1.165) is 6.08 Å². The van der Waals surface area contributed by atoms with E-state index in [9.17, 15) is 19.8 Å². The first-order valence-electron chi connectivity index (χ1n) is 5.71. The second-order valence-corrected chi connectivity index (χ2v) is 4.28. The third-order valence-corrected chi connectivity index (χ3v) is 2.66. The Morgan fingerprint density at radius 1 is 1.53 bits per heavy atom. The summed E-state index contributed by atoms with van der Waals surface area (Å²) in [6.07, 6.45) is -2.48. The maximum Gasteiger partial charge on any atom is 0.370 e. The van der Waals surface area contributed by atoms with Crippen molar-refractivity contribution in [2.24, 2.45) is 0 Å². The number of carbonyl (C=O) groups is 2. The Morgan fingerprint density at radius 2 is 2.16 bits per heavy atom. The summed E-state index contributed by atoms with van der Waals surface area (Å²) in [5, 5.41) is 39.2. The van der Waals surface area contributed by atoms with Crippen molar-refractivity contribution in [2.45, 2.75) is 37.7 Å². The van der Waals surface area contributed by atoms with Crippen molar-refractivity contribution in [3.8, 4) is 0 Å². The zero-order valence-electron chi connectivity index (χ0n) is 10.3. The third kappa shape index (κ3) is 4.19. The van der Waals surface area contributed by atoms with Crippen molar-refractivity contribution in [3.63, 3.8) is 0 Å². The number of aliphatic carboxylic acids is 1. The molecule has 0 aromatic rings. The zero-order chi connectivity index (χ0) is 14.6. The van der Waals surface area contributed by atoms with E-state index in [-0.39, 0.29) is 6.42 Å². The van der Waals surface area contributed by atoms with Crippen LogP contribution in [0.25, 0.3) is 0 Å². The number of carboxylic acids is 1. The Kier molecular flexibility index (Phi) is 5.28. The smallest absolute Gasteiger partial charge is 0.370 e. The largest absolute Gasteiger partial charge is 0.481 e. The van der Waals surface area contributed by atoms with Crippen LogP contribution in [0.2, 0.25) is 0 Å². The normalized spacial score (nSPS) is 28.0. The first-order valence-corrected chi connectivity index (χ1v) is 5.71. The van der Waals surface area contributed by atoms with Crippen molar-refractivity contribution in [2.75, 3.05) is 6.61 Å². The average molecular weight is 275 g/mol. The van der Waals surface area contributed by atoms with Gasteiger partial charge in [0.1, 0.15) is 6.10 Å². The quantitative estimate of drug-likeness (QED) is 0.390. The Balaban J connectivity index is 2.90. The van der Waals surface area contributed by atoms with Crippen LogP contribution >= 0.6 is 0 Å². The van der Waals surface area contributed by atoms with Gasteiger partial charge in [-0.1, -0.05) is 0 Å². The number of nitrogens with one attached hydrogen (secondary N) is 1. The molecule has 1 heterocycles. The topological polar surface area (TPSA) is 136 Å². The van der Waals surface area contributed by atoms with Gasteiger partial charge in [0.15, 0.2) is 0 Å². The van der Waals surface area contributed by atoms with Gasteiger partial charge in [-0.2, -0.15) is 0 Å². The van der Waals surface area contributed by atoms with Gasteiger partial charge < -0.3 is 30.5 Å². The van der Waals surface area contributed by atoms with E-state index in [1.807, 2.05) is 0 Å². The van der Waals surface area contributed by atoms with Gasteiger partial charge in [0.25, 0.3) is 0 Å². The second kappa shape index (κ2) is 6.50. The Hall–Kier alpha value is -1.64. The molecule has 0 bridgehead atoms. The number of aliphatic hydroxyl groups is 3. The van der Waals surface area contributed by atoms with Crippen LogP contribution in [0.15, 0.2) is 11.8 Å². The molecule has 0 aromatic carbocycles. The maximum absolute atomic E-state index is 11.0. The first kappa shape index (κ1) is 15.4. The summed E-state index contributed by atoms with van der Waals surface area (Å²) in [4.78, 5) is 21.9. The maximum atomic E-state index is 11.0. The van der Waals surface area contributed by atoms with Crippen molar-refractivity contribution < 1.29 is 34.8 Å². The van der Waals surface area contributed by atoms with E-state index < -0.39 is 48.6 Å². The predicted octanol–water partition coefficient (Wildman–Crippen LogP) is -2.04. The molecule has 0 radical (unpaired) electrons. The molecular weight excluding hydrogens is 258 g/mol. The molecule has 0 spiro atoms. The Labute approximate surface area is 109 Å². The lowest BCUT2D eigenvalue weighted by molar-refractivity contribution is -0.141. The SMILES string of the molecule is CC(=O)N[C@H]1C(C[C@H](O)CO)OC(C(=O)O)=C[C@H]1O. The van der Waals surface area contributed by atoms with Crippen LogP contribution in [0.5, 0.6) is 0 Å². The van der Waals surface area contributed by atoms with Gasteiger partial charge in [-0.15, -0.1) is 0 Å². The van der Waals surface area contributed by atoms with Crippen LogP contribution in [0, 0.1) is 0 Å². The number of amides is 1. The van der Waals surface area contributed by atoms with Crippen LogP contribution in [0.1, 0.15) is 13.3 Å². The number of rotatable bonds is 5. The monoisotopic (exact) mass is 275 g/mol. The summed E-state index contributed by atoms with van der Waals surface area (Å²) in [6, 6.07) is -0.887. The minimum absolute atomic E-state index is 0.122. The summed E-state index contributed by atoms with van der Waals surface area (Å²) < 4.78 is 5.12. The molecule has 4 atom stereocenters. The molecule has 5 N–H and O–H groups in total. The van der Waals surface area contributed by atoms with Gasteiger partial charge in [-0.3, -0.25) is 4.79 Å². The molecular formula is C11H17NO7. The average Bonchev–Trinajstić information content (AvgIpc) is 2.32. The highest BCUT2D eigenvalue weighted by Crippen LogP contribution is 2.22. The molecule has 8 heteroatoms. The highest BCUT2D eigenvalue weighted by Gasteiger charge is 2.37. The number of aliphatic hydroxyl groups excluding tert-OH is 3. The molecule has 108 valence electrons. The fourth-order valence-corrected chi connectivity index (χ4v) is 1.83. The van der Waals surface area contributed by atoms with E-state index in [2.05, 4.69) is 5.32 Å². The molecule has 0 saturated heterocycles. The van der Waals surface area contributed by atoms with Crippen molar-refractivity contribution >= 4 is 11.9 Å². The second-order valence-electron chi connectivity index (χ2n) is 4.28. The molecule has 8 nitrogen and oxygen atoms in total. The molecule has 0 saturated carbocycles. The fourth-order valence-electron chi connectivity index (χ4n) is 1.83. The molecule has 1 aliphatic rings.